The Kier molecular flexibility index (Phi) is 7.00. The van der Waals surface area contributed by atoms with Gasteiger partial charge >= 0.3 is 0 Å². The number of methoxy groups -OCH3 is 1. The van der Waals surface area contributed by atoms with Gasteiger partial charge in [0.15, 0.2) is 11.5 Å². The summed E-state index contributed by atoms with van der Waals surface area (Å²) in [5, 5.41) is 9.62. The number of unbranched alkanes of at least 4 members (excludes halogenated alkanes) is 2. The first kappa shape index (κ1) is 17.1. The van der Waals surface area contributed by atoms with Gasteiger partial charge in [0.25, 0.3) is 0 Å². The SMILES string of the molecule is CCCCC[C@H]1C[C@@H](CCc2ccc(O)c(OC)c2)OCO1. The molecule has 2 atom stereocenters. The number of phenolic OH excluding ortho intramolecular Hbond substituents is 1. The van der Waals surface area contributed by atoms with E-state index in [-0.39, 0.29) is 11.9 Å². The minimum atomic E-state index is 0.185. The van der Waals surface area contributed by atoms with Gasteiger partial charge in [0.05, 0.1) is 19.3 Å². The third-order valence-electron chi connectivity index (χ3n) is 4.26. The molecule has 1 saturated heterocycles. The van der Waals surface area contributed by atoms with Crippen molar-refractivity contribution in [2.24, 2.45) is 0 Å². The molecule has 4 nitrogen and oxygen atoms in total. The highest BCUT2D eigenvalue weighted by molar-refractivity contribution is 5.41. The summed E-state index contributed by atoms with van der Waals surface area (Å²) in [6, 6.07) is 5.52. The number of phenols is 1. The van der Waals surface area contributed by atoms with E-state index in [0.29, 0.717) is 18.6 Å². The highest BCUT2D eigenvalue weighted by atomic mass is 16.7. The fraction of sp³-hybridized carbons (Fsp3) is 0.667. The fourth-order valence-corrected chi connectivity index (χ4v) is 2.89. The Labute approximate surface area is 133 Å². The third kappa shape index (κ3) is 5.18. The van der Waals surface area contributed by atoms with Gasteiger partial charge in [-0.3, -0.25) is 0 Å². The Morgan fingerprint density at radius 2 is 1.95 bits per heavy atom. The van der Waals surface area contributed by atoms with Crippen LogP contribution in [0.3, 0.4) is 0 Å². The van der Waals surface area contributed by atoms with Crippen molar-refractivity contribution in [3.05, 3.63) is 23.8 Å². The maximum atomic E-state index is 9.62. The summed E-state index contributed by atoms with van der Waals surface area (Å²) in [6.45, 7) is 2.64. The molecule has 2 rings (SSSR count). The summed E-state index contributed by atoms with van der Waals surface area (Å²) in [5.41, 5.74) is 1.16. The molecule has 0 bridgehead atoms. The van der Waals surface area contributed by atoms with Crippen LogP contribution < -0.4 is 4.74 Å². The number of hydrogen-bond donors (Lipinski definition) is 1. The monoisotopic (exact) mass is 308 g/mol. The van der Waals surface area contributed by atoms with Crippen LogP contribution in [0.4, 0.5) is 0 Å². The zero-order valence-electron chi connectivity index (χ0n) is 13.7. The lowest BCUT2D eigenvalue weighted by molar-refractivity contribution is -0.178. The second-order valence-corrected chi connectivity index (χ2v) is 5.97. The Morgan fingerprint density at radius 1 is 1.18 bits per heavy atom. The number of benzene rings is 1. The van der Waals surface area contributed by atoms with Crippen molar-refractivity contribution in [2.45, 2.75) is 64.1 Å². The molecule has 0 radical (unpaired) electrons. The van der Waals surface area contributed by atoms with E-state index in [1.807, 2.05) is 12.1 Å². The van der Waals surface area contributed by atoms with Crippen LogP contribution in [0.15, 0.2) is 18.2 Å². The predicted molar refractivity (Wildman–Crippen MR) is 86.4 cm³/mol. The molecule has 0 aliphatic carbocycles. The predicted octanol–water partition coefficient (Wildman–Crippen LogP) is 4.05. The lowest BCUT2D eigenvalue weighted by Gasteiger charge is -2.30. The molecule has 1 fully saturated rings. The van der Waals surface area contributed by atoms with Gasteiger partial charge in [0.2, 0.25) is 0 Å². The van der Waals surface area contributed by atoms with Crippen molar-refractivity contribution in [2.75, 3.05) is 13.9 Å². The molecule has 124 valence electrons. The number of rotatable bonds is 8. The van der Waals surface area contributed by atoms with Crippen LogP contribution in [0.1, 0.15) is 51.0 Å². The van der Waals surface area contributed by atoms with E-state index in [0.717, 1.165) is 31.2 Å². The number of ether oxygens (including phenoxy) is 3. The summed E-state index contributed by atoms with van der Waals surface area (Å²) in [4.78, 5) is 0. The van der Waals surface area contributed by atoms with E-state index in [1.54, 1.807) is 13.2 Å². The minimum Gasteiger partial charge on any atom is -0.504 e. The molecule has 1 aromatic carbocycles. The molecular weight excluding hydrogens is 280 g/mol. The van der Waals surface area contributed by atoms with Crippen molar-refractivity contribution >= 4 is 0 Å². The van der Waals surface area contributed by atoms with Gasteiger partial charge in [-0.05, 0) is 43.4 Å². The van der Waals surface area contributed by atoms with Crippen LogP contribution >= 0.6 is 0 Å². The van der Waals surface area contributed by atoms with Crippen molar-refractivity contribution < 1.29 is 19.3 Å². The quantitative estimate of drug-likeness (QED) is 0.736. The molecule has 0 saturated carbocycles. The first-order valence-corrected chi connectivity index (χ1v) is 8.32. The van der Waals surface area contributed by atoms with Crippen molar-refractivity contribution in [3.8, 4) is 11.5 Å². The first-order valence-electron chi connectivity index (χ1n) is 8.32. The number of aromatic hydroxyl groups is 1. The molecule has 1 heterocycles. The topological polar surface area (TPSA) is 47.9 Å². The van der Waals surface area contributed by atoms with Crippen LogP contribution in [-0.2, 0) is 15.9 Å². The molecular formula is C18H28O4. The van der Waals surface area contributed by atoms with Crippen LogP contribution in [0, 0.1) is 0 Å². The lowest BCUT2D eigenvalue weighted by atomic mass is 9.99. The van der Waals surface area contributed by atoms with Gasteiger partial charge in [-0.15, -0.1) is 0 Å². The van der Waals surface area contributed by atoms with E-state index in [1.165, 1.54) is 19.3 Å². The van der Waals surface area contributed by atoms with E-state index in [9.17, 15) is 5.11 Å². The second kappa shape index (κ2) is 9.01. The Hall–Kier alpha value is -1.26. The Bertz CT molecular complexity index is 447. The minimum absolute atomic E-state index is 0.185. The molecule has 22 heavy (non-hydrogen) atoms. The normalized spacial score (nSPS) is 21.7. The zero-order chi connectivity index (χ0) is 15.8. The van der Waals surface area contributed by atoms with Crippen LogP contribution in [-0.4, -0.2) is 31.2 Å². The van der Waals surface area contributed by atoms with Crippen LogP contribution in [0.2, 0.25) is 0 Å². The van der Waals surface area contributed by atoms with Crippen molar-refractivity contribution in [1.82, 2.24) is 0 Å². The van der Waals surface area contributed by atoms with Gasteiger partial charge in [0.1, 0.15) is 6.79 Å². The molecule has 0 unspecified atom stereocenters. The summed E-state index contributed by atoms with van der Waals surface area (Å²) in [7, 11) is 1.57. The van der Waals surface area contributed by atoms with Gasteiger partial charge in [-0.2, -0.15) is 0 Å². The van der Waals surface area contributed by atoms with Crippen LogP contribution in [0.25, 0.3) is 0 Å². The molecule has 0 amide bonds. The van der Waals surface area contributed by atoms with Crippen molar-refractivity contribution in [3.63, 3.8) is 0 Å². The average molecular weight is 308 g/mol. The Morgan fingerprint density at radius 3 is 2.68 bits per heavy atom. The third-order valence-corrected chi connectivity index (χ3v) is 4.26. The molecule has 0 spiro atoms. The molecule has 1 N–H and O–H groups in total. The average Bonchev–Trinajstić information content (AvgIpc) is 2.55. The number of aryl methyl sites for hydroxylation is 1. The smallest absolute Gasteiger partial charge is 0.160 e. The summed E-state index contributed by atoms with van der Waals surface area (Å²) >= 11 is 0. The van der Waals surface area contributed by atoms with Gasteiger partial charge in [-0.1, -0.05) is 32.3 Å². The van der Waals surface area contributed by atoms with E-state index < -0.39 is 0 Å². The van der Waals surface area contributed by atoms with E-state index >= 15 is 0 Å². The van der Waals surface area contributed by atoms with Gasteiger partial charge in [0, 0.05) is 0 Å². The van der Waals surface area contributed by atoms with Crippen LogP contribution in [0.5, 0.6) is 11.5 Å². The summed E-state index contributed by atoms with van der Waals surface area (Å²) in [6.07, 6.45) is 8.39. The summed E-state index contributed by atoms with van der Waals surface area (Å²) in [5.74, 6) is 0.715. The maximum absolute atomic E-state index is 9.62. The summed E-state index contributed by atoms with van der Waals surface area (Å²) < 4.78 is 16.5. The lowest BCUT2D eigenvalue weighted by Crippen LogP contribution is -2.31. The molecule has 1 aromatic rings. The molecule has 1 aliphatic rings. The van der Waals surface area contributed by atoms with E-state index in [4.69, 9.17) is 14.2 Å². The van der Waals surface area contributed by atoms with E-state index in [2.05, 4.69) is 6.92 Å². The maximum Gasteiger partial charge on any atom is 0.160 e. The zero-order valence-corrected chi connectivity index (χ0v) is 13.7. The molecule has 1 aliphatic heterocycles. The second-order valence-electron chi connectivity index (χ2n) is 5.97. The molecule has 0 aromatic heterocycles. The highest BCUT2D eigenvalue weighted by Gasteiger charge is 2.22. The largest absolute Gasteiger partial charge is 0.504 e. The van der Waals surface area contributed by atoms with Gasteiger partial charge in [-0.25, -0.2) is 0 Å². The first-order chi connectivity index (χ1) is 10.7. The fourth-order valence-electron chi connectivity index (χ4n) is 2.89. The van der Waals surface area contributed by atoms with Gasteiger partial charge < -0.3 is 19.3 Å². The highest BCUT2D eigenvalue weighted by Crippen LogP contribution is 2.28. The van der Waals surface area contributed by atoms with Crippen molar-refractivity contribution in [1.29, 1.82) is 0 Å². The standard InChI is InChI=1S/C18H28O4/c1-3-4-5-6-15-12-16(22-13-21-15)9-7-14-8-10-17(19)18(11-14)20-2/h8,10-11,15-16,19H,3-7,9,12-13H2,1-2H3/t15-,16+/m0/s1. The number of hydrogen-bond acceptors (Lipinski definition) is 4. The Balaban J connectivity index is 1.78. The molecule has 4 heteroatoms.